The Bertz CT molecular complexity index is 853. The molecule has 0 bridgehead atoms. The quantitative estimate of drug-likeness (QED) is 0.707. The summed E-state index contributed by atoms with van der Waals surface area (Å²) in [6.07, 6.45) is 0.948. The van der Waals surface area contributed by atoms with Crippen LogP contribution >= 0.6 is 0 Å². The lowest BCUT2D eigenvalue weighted by molar-refractivity contribution is -0.142. The van der Waals surface area contributed by atoms with Crippen LogP contribution in [-0.4, -0.2) is 34.9 Å². The Labute approximate surface area is 180 Å². The van der Waals surface area contributed by atoms with Gasteiger partial charge in [0.15, 0.2) is 6.61 Å². The van der Waals surface area contributed by atoms with Crippen molar-refractivity contribution in [3.63, 3.8) is 0 Å². The summed E-state index contributed by atoms with van der Waals surface area (Å²) in [5, 5.41) is 2.96. The number of hydrogen-bond acceptors (Lipinski definition) is 3. The Kier molecular flexibility index (Phi) is 8.04. The molecule has 5 nitrogen and oxygen atoms in total. The summed E-state index contributed by atoms with van der Waals surface area (Å²) < 4.78 is 5.72. The molecule has 1 atom stereocenters. The van der Waals surface area contributed by atoms with Gasteiger partial charge in [-0.05, 0) is 64.3 Å². The van der Waals surface area contributed by atoms with Gasteiger partial charge < -0.3 is 15.0 Å². The standard InChI is InChI=1S/C25H34N2O3/c1-7-20-11-13-22(14-12-20)30-17-23(28)27(16-21-10-8-9-18(2)15-21)19(3)24(29)26-25(4,5)6/h8-15,19H,7,16-17H2,1-6H3,(H,26,29). The van der Waals surface area contributed by atoms with Gasteiger partial charge >= 0.3 is 0 Å². The number of ether oxygens (including phenoxy) is 1. The van der Waals surface area contributed by atoms with E-state index in [2.05, 4.69) is 12.2 Å². The van der Waals surface area contributed by atoms with Gasteiger partial charge in [-0.25, -0.2) is 0 Å². The number of nitrogens with one attached hydrogen (secondary N) is 1. The molecular formula is C25H34N2O3. The van der Waals surface area contributed by atoms with Gasteiger partial charge in [-0.1, -0.05) is 48.9 Å². The molecule has 2 amide bonds. The summed E-state index contributed by atoms with van der Waals surface area (Å²) in [4.78, 5) is 27.4. The lowest BCUT2D eigenvalue weighted by Crippen LogP contribution is -2.53. The third-order valence-corrected chi connectivity index (χ3v) is 4.79. The van der Waals surface area contributed by atoms with E-state index in [4.69, 9.17) is 4.74 Å². The van der Waals surface area contributed by atoms with Crippen LogP contribution in [0.1, 0.15) is 51.3 Å². The fraction of sp³-hybridized carbons (Fsp3) is 0.440. The predicted molar refractivity (Wildman–Crippen MR) is 120 cm³/mol. The van der Waals surface area contributed by atoms with Gasteiger partial charge in [0.1, 0.15) is 11.8 Å². The molecule has 0 aliphatic heterocycles. The van der Waals surface area contributed by atoms with Crippen molar-refractivity contribution in [2.24, 2.45) is 0 Å². The van der Waals surface area contributed by atoms with Gasteiger partial charge in [-0.2, -0.15) is 0 Å². The highest BCUT2D eigenvalue weighted by molar-refractivity contribution is 5.88. The molecule has 30 heavy (non-hydrogen) atoms. The summed E-state index contributed by atoms with van der Waals surface area (Å²) in [5.41, 5.74) is 2.92. The molecule has 1 unspecified atom stereocenters. The summed E-state index contributed by atoms with van der Waals surface area (Å²) in [6, 6.07) is 15.1. The second-order valence-electron chi connectivity index (χ2n) is 8.71. The molecule has 2 rings (SSSR count). The van der Waals surface area contributed by atoms with Crippen molar-refractivity contribution in [3.05, 3.63) is 65.2 Å². The maximum absolute atomic E-state index is 13.1. The van der Waals surface area contributed by atoms with Gasteiger partial charge in [-0.15, -0.1) is 0 Å². The number of aryl methyl sites for hydroxylation is 2. The summed E-state index contributed by atoms with van der Waals surface area (Å²) in [7, 11) is 0. The lowest BCUT2D eigenvalue weighted by Gasteiger charge is -2.31. The maximum Gasteiger partial charge on any atom is 0.261 e. The topological polar surface area (TPSA) is 58.6 Å². The van der Waals surface area contributed by atoms with Gasteiger partial charge in [-0.3, -0.25) is 9.59 Å². The van der Waals surface area contributed by atoms with Crippen LogP contribution in [0.15, 0.2) is 48.5 Å². The fourth-order valence-electron chi connectivity index (χ4n) is 3.11. The molecule has 1 N–H and O–H groups in total. The SMILES string of the molecule is CCc1ccc(OCC(=O)N(Cc2cccc(C)c2)C(C)C(=O)NC(C)(C)C)cc1. The van der Waals surface area contributed by atoms with E-state index in [-0.39, 0.29) is 24.0 Å². The van der Waals surface area contributed by atoms with Crippen LogP contribution < -0.4 is 10.1 Å². The van der Waals surface area contributed by atoms with E-state index in [1.165, 1.54) is 5.56 Å². The first-order valence-electron chi connectivity index (χ1n) is 10.5. The van der Waals surface area contributed by atoms with Crippen molar-refractivity contribution >= 4 is 11.8 Å². The van der Waals surface area contributed by atoms with E-state index >= 15 is 0 Å². The van der Waals surface area contributed by atoms with Gasteiger partial charge in [0, 0.05) is 12.1 Å². The van der Waals surface area contributed by atoms with Crippen LogP contribution in [0.4, 0.5) is 0 Å². The molecule has 0 aromatic heterocycles. The van der Waals surface area contributed by atoms with Crippen molar-refractivity contribution in [1.82, 2.24) is 10.2 Å². The van der Waals surface area contributed by atoms with Crippen LogP contribution in [0.2, 0.25) is 0 Å². The van der Waals surface area contributed by atoms with Crippen molar-refractivity contribution in [2.75, 3.05) is 6.61 Å². The fourth-order valence-corrected chi connectivity index (χ4v) is 3.11. The zero-order valence-electron chi connectivity index (χ0n) is 19.0. The Hall–Kier alpha value is -2.82. The zero-order valence-corrected chi connectivity index (χ0v) is 19.0. The predicted octanol–water partition coefficient (Wildman–Crippen LogP) is 4.27. The molecule has 0 fully saturated rings. The molecule has 0 aliphatic rings. The van der Waals surface area contributed by atoms with Gasteiger partial charge in [0.05, 0.1) is 0 Å². The highest BCUT2D eigenvalue weighted by Crippen LogP contribution is 2.15. The highest BCUT2D eigenvalue weighted by Gasteiger charge is 2.28. The molecule has 0 radical (unpaired) electrons. The number of carbonyl (C=O) groups excluding carboxylic acids is 2. The summed E-state index contributed by atoms with van der Waals surface area (Å²) in [5.74, 6) is 0.228. The van der Waals surface area contributed by atoms with E-state index in [9.17, 15) is 9.59 Å². The van der Waals surface area contributed by atoms with Crippen LogP contribution in [-0.2, 0) is 22.6 Å². The minimum atomic E-state index is -0.622. The van der Waals surface area contributed by atoms with Crippen molar-refractivity contribution < 1.29 is 14.3 Å². The minimum Gasteiger partial charge on any atom is -0.484 e. The minimum absolute atomic E-state index is 0.121. The molecular weight excluding hydrogens is 376 g/mol. The van der Waals surface area contributed by atoms with E-state index in [0.29, 0.717) is 12.3 Å². The summed E-state index contributed by atoms with van der Waals surface area (Å²) in [6.45, 7) is 11.8. The number of rotatable bonds is 8. The van der Waals surface area contributed by atoms with E-state index in [1.807, 2.05) is 76.2 Å². The van der Waals surface area contributed by atoms with Crippen molar-refractivity contribution in [1.29, 1.82) is 0 Å². The third-order valence-electron chi connectivity index (χ3n) is 4.79. The van der Waals surface area contributed by atoms with E-state index < -0.39 is 6.04 Å². The second-order valence-corrected chi connectivity index (χ2v) is 8.71. The monoisotopic (exact) mass is 410 g/mol. The largest absolute Gasteiger partial charge is 0.484 e. The van der Waals surface area contributed by atoms with Crippen LogP contribution in [0.3, 0.4) is 0 Å². The Morgan fingerprint density at radius 3 is 2.30 bits per heavy atom. The zero-order chi connectivity index (χ0) is 22.3. The van der Waals surface area contributed by atoms with Crippen LogP contribution in [0.25, 0.3) is 0 Å². The number of carbonyl (C=O) groups is 2. The molecule has 0 saturated heterocycles. The first-order valence-corrected chi connectivity index (χ1v) is 10.5. The molecule has 0 spiro atoms. The molecule has 2 aromatic carbocycles. The number of hydrogen-bond donors (Lipinski definition) is 1. The molecule has 0 heterocycles. The van der Waals surface area contributed by atoms with E-state index in [1.54, 1.807) is 11.8 Å². The van der Waals surface area contributed by atoms with Crippen molar-refractivity contribution in [2.45, 2.75) is 66.1 Å². The molecule has 162 valence electrons. The van der Waals surface area contributed by atoms with Crippen LogP contribution in [0.5, 0.6) is 5.75 Å². The number of nitrogens with zero attached hydrogens (tertiary/aromatic N) is 1. The highest BCUT2D eigenvalue weighted by atomic mass is 16.5. The summed E-state index contributed by atoms with van der Waals surface area (Å²) >= 11 is 0. The average Bonchev–Trinajstić information content (AvgIpc) is 2.69. The Balaban J connectivity index is 2.15. The third kappa shape index (κ3) is 7.21. The number of amides is 2. The molecule has 5 heteroatoms. The normalized spacial score (nSPS) is 12.2. The molecule has 2 aromatic rings. The molecule has 0 aliphatic carbocycles. The Morgan fingerprint density at radius 1 is 1.07 bits per heavy atom. The van der Waals surface area contributed by atoms with Crippen molar-refractivity contribution in [3.8, 4) is 5.75 Å². The van der Waals surface area contributed by atoms with Gasteiger partial charge in [0.2, 0.25) is 5.91 Å². The van der Waals surface area contributed by atoms with Crippen LogP contribution in [0, 0.1) is 6.92 Å². The first kappa shape index (κ1) is 23.5. The Morgan fingerprint density at radius 2 is 1.73 bits per heavy atom. The number of benzene rings is 2. The lowest BCUT2D eigenvalue weighted by atomic mass is 10.1. The second kappa shape index (κ2) is 10.3. The van der Waals surface area contributed by atoms with Gasteiger partial charge in [0.25, 0.3) is 5.91 Å². The average molecular weight is 411 g/mol. The molecule has 0 saturated carbocycles. The van der Waals surface area contributed by atoms with E-state index in [0.717, 1.165) is 17.5 Å². The maximum atomic E-state index is 13.1. The first-order chi connectivity index (χ1) is 14.1. The smallest absolute Gasteiger partial charge is 0.261 e.